The molecular formula is C10H16BrClN2O4S2. The fourth-order valence-corrected chi connectivity index (χ4v) is 4.22. The third-order valence-electron chi connectivity index (χ3n) is 2.29. The van der Waals surface area contributed by atoms with Gasteiger partial charge < -0.3 is 5.32 Å². The number of sulfonamides is 1. The second-order valence-corrected chi connectivity index (χ2v) is 8.47. The van der Waals surface area contributed by atoms with Crippen LogP contribution in [0, 0.1) is 0 Å². The maximum absolute atomic E-state index is 12.0. The summed E-state index contributed by atoms with van der Waals surface area (Å²) in [5.74, 6) is 0. The van der Waals surface area contributed by atoms with Crippen LogP contribution < -0.4 is 10.0 Å². The third kappa shape index (κ3) is 5.30. The van der Waals surface area contributed by atoms with E-state index < -0.39 is 19.9 Å². The van der Waals surface area contributed by atoms with Crippen LogP contribution in [0.25, 0.3) is 0 Å². The monoisotopic (exact) mass is 406 g/mol. The summed E-state index contributed by atoms with van der Waals surface area (Å²) in [5, 5.41) is 2.82. The Labute approximate surface area is 133 Å². The van der Waals surface area contributed by atoms with Crippen molar-refractivity contribution in [3.63, 3.8) is 0 Å². The highest BCUT2D eigenvalue weighted by Gasteiger charge is 2.19. The van der Waals surface area contributed by atoms with Crippen LogP contribution in [0.2, 0.25) is 0 Å². The van der Waals surface area contributed by atoms with Crippen molar-refractivity contribution in [2.45, 2.75) is 9.79 Å². The van der Waals surface area contributed by atoms with Crippen LogP contribution in [0.3, 0.4) is 0 Å². The maximum atomic E-state index is 12.0. The van der Waals surface area contributed by atoms with E-state index in [9.17, 15) is 16.8 Å². The lowest BCUT2D eigenvalue weighted by Crippen LogP contribution is -2.30. The Morgan fingerprint density at radius 2 is 1.75 bits per heavy atom. The van der Waals surface area contributed by atoms with Gasteiger partial charge in [0.2, 0.25) is 10.0 Å². The molecule has 1 aromatic carbocycles. The largest absolute Gasteiger partial charge is 0.318 e. The Morgan fingerprint density at radius 3 is 2.20 bits per heavy atom. The molecule has 0 saturated carbocycles. The van der Waals surface area contributed by atoms with E-state index in [2.05, 4.69) is 26.0 Å². The standard InChI is InChI=1S/C10H15BrN2O4S2.ClH/c1-12-5-6-13-19(16,17)10-4-3-8(7-9(10)11)18(2,14)15;/h3-4,7,12-13H,5-6H2,1-2H3;1H. The predicted octanol–water partition coefficient (Wildman–Crippen LogP) is 0.772. The normalized spacial score (nSPS) is 11.9. The van der Waals surface area contributed by atoms with Crippen molar-refractivity contribution < 1.29 is 16.8 Å². The van der Waals surface area contributed by atoms with Gasteiger partial charge in [0, 0.05) is 23.8 Å². The summed E-state index contributed by atoms with van der Waals surface area (Å²) in [6, 6.07) is 3.82. The van der Waals surface area contributed by atoms with Crippen molar-refractivity contribution in [2.24, 2.45) is 0 Å². The van der Waals surface area contributed by atoms with Crippen molar-refractivity contribution in [1.29, 1.82) is 0 Å². The summed E-state index contributed by atoms with van der Waals surface area (Å²) in [6.07, 6.45) is 1.06. The van der Waals surface area contributed by atoms with Gasteiger partial charge in [-0.15, -0.1) is 12.4 Å². The van der Waals surface area contributed by atoms with E-state index >= 15 is 0 Å². The van der Waals surface area contributed by atoms with Gasteiger partial charge in [-0.3, -0.25) is 0 Å². The molecule has 0 bridgehead atoms. The highest BCUT2D eigenvalue weighted by molar-refractivity contribution is 9.10. The molecular weight excluding hydrogens is 392 g/mol. The summed E-state index contributed by atoms with van der Waals surface area (Å²) >= 11 is 3.09. The van der Waals surface area contributed by atoms with Gasteiger partial charge in [-0.1, -0.05) is 0 Å². The van der Waals surface area contributed by atoms with Crippen LogP contribution in [-0.2, 0) is 19.9 Å². The van der Waals surface area contributed by atoms with Crippen LogP contribution in [0.1, 0.15) is 0 Å². The molecule has 0 fully saturated rings. The molecule has 0 amide bonds. The number of halogens is 2. The molecule has 0 aliphatic carbocycles. The number of likely N-dealkylation sites (N-methyl/N-ethyl adjacent to an activating group) is 1. The first-order valence-electron chi connectivity index (χ1n) is 5.32. The molecule has 0 aromatic heterocycles. The topological polar surface area (TPSA) is 92.3 Å². The summed E-state index contributed by atoms with van der Waals surface area (Å²) in [6.45, 7) is 0.747. The Hall–Kier alpha value is -0.190. The van der Waals surface area contributed by atoms with Gasteiger partial charge in [-0.2, -0.15) is 0 Å². The van der Waals surface area contributed by atoms with Crippen LogP contribution >= 0.6 is 28.3 Å². The molecule has 10 heteroatoms. The second kappa shape index (κ2) is 7.71. The smallest absolute Gasteiger partial charge is 0.241 e. The van der Waals surface area contributed by atoms with Crippen LogP contribution in [0.4, 0.5) is 0 Å². The average molecular weight is 408 g/mol. The Kier molecular flexibility index (Phi) is 7.64. The summed E-state index contributed by atoms with van der Waals surface area (Å²) < 4.78 is 49.3. The minimum atomic E-state index is -3.66. The summed E-state index contributed by atoms with van der Waals surface area (Å²) in [5.41, 5.74) is 0. The van der Waals surface area contributed by atoms with Crippen molar-refractivity contribution in [2.75, 3.05) is 26.4 Å². The van der Waals surface area contributed by atoms with Crippen molar-refractivity contribution in [3.05, 3.63) is 22.7 Å². The molecule has 1 rings (SSSR count). The second-order valence-electron chi connectivity index (χ2n) is 3.87. The van der Waals surface area contributed by atoms with E-state index in [-0.39, 0.29) is 33.2 Å². The molecule has 0 atom stereocenters. The molecule has 0 spiro atoms. The van der Waals surface area contributed by atoms with Crippen molar-refractivity contribution >= 4 is 48.2 Å². The maximum Gasteiger partial charge on any atom is 0.241 e. The van der Waals surface area contributed by atoms with Gasteiger partial charge in [0.1, 0.15) is 0 Å². The van der Waals surface area contributed by atoms with Gasteiger partial charge in [-0.05, 0) is 41.2 Å². The SMILES string of the molecule is CNCCNS(=O)(=O)c1ccc(S(C)(=O)=O)cc1Br.Cl. The molecule has 1 aromatic rings. The molecule has 0 saturated heterocycles. The van der Waals surface area contributed by atoms with Gasteiger partial charge in [0.15, 0.2) is 9.84 Å². The Morgan fingerprint density at radius 1 is 1.15 bits per heavy atom. The minimum absolute atomic E-state index is 0. The lowest BCUT2D eigenvalue weighted by Gasteiger charge is -2.09. The fraction of sp³-hybridized carbons (Fsp3) is 0.400. The molecule has 2 N–H and O–H groups in total. The van der Waals surface area contributed by atoms with E-state index in [1.807, 2.05) is 0 Å². The van der Waals surface area contributed by atoms with Crippen molar-refractivity contribution in [3.8, 4) is 0 Å². The van der Waals surface area contributed by atoms with Gasteiger partial charge in [0.25, 0.3) is 0 Å². The number of sulfone groups is 1. The molecule has 0 unspecified atom stereocenters. The Balaban J connectivity index is 0.00000361. The first kappa shape index (κ1) is 19.8. The summed E-state index contributed by atoms with van der Waals surface area (Å²) in [7, 11) is -5.31. The van der Waals surface area contributed by atoms with E-state index in [1.165, 1.54) is 18.2 Å². The van der Waals surface area contributed by atoms with Gasteiger partial charge in [0.05, 0.1) is 9.79 Å². The fourth-order valence-electron chi connectivity index (χ4n) is 1.32. The lowest BCUT2D eigenvalue weighted by molar-refractivity contribution is 0.578. The first-order valence-corrected chi connectivity index (χ1v) is 9.49. The highest BCUT2D eigenvalue weighted by Crippen LogP contribution is 2.25. The number of hydrogen-bond acceptors (Lipinski definition) is 5. The van der Waals surface area contributed by atoms with Crippen LogP contribution in [-0.4, -0.2) is 43.2 Å². The molecule has 6 nitrogen and oxygen atoms in total. The molecule has 0 radical (unpaired) electrons. The van der Waals surface area contributed by atoms with Crippen molar-refractivity contribution in [1.82, 2.24) is 10.0 Å². The van der Waals surface area contributed by atoms with Gasteiger partial charge >= 0.3 is 0 Å². The molecule has 20 heavy (non-hydrogen) atoms. The Bertz CT molecular complexity index is 662. The zero-order chi connectivity index (χ0) is 14.7. The number of rotatable bonds is 6. The zero-order valence-electron chi connectivity index (χ0n) is 10.9. The number of nitrogens with one attached hydrogen (secondary N) is 2. The minimum Gasteiger partial charge on any atom is -0.318 e. The van der Waals surface area contributed by atoms with E-state index in [4.69, 9.17) is 0 Å². The highest BCUT2D eigenvalue weighted by atomic mass is 79.9. The molecule has 0 aliphatic heterocycles. The number of hydrogen-bond donors (Lipinski definition) is 2. The summed E-state index contributed by atoms with van der Waals surface area (Å²) in [4.78, 5) is 0.0737. The average Bonchev–Trinajstić information content (AvgIpc) is 2.27. The van der Waals surface area contributed by atoms with E-state index in [0.29, 0.717) is 6.54 Å². The van der Waals surface area contributed by atoms with Crippen LogP contribution in [0.5, 0.6) is 0 Å². The first-order chi connectivity index (χ1) is 8.68. The van der Waals surface area contributed by atoms with E-state index in [0.717, 1.165) is 6.26 Å². The quantitative estimate of drug-likeness (QED) is 0.680. The predicted molar refractivity (Wildman–Crippen MR) is 83.6 cm³/mol. The number of benzene rings is 1. The third-order valence-corrected chi connectivity index (χ3v) is 5.84. The zero-order valence-corrected chi connectivity index (χ0v) is 14.9. The lowest BCUT2D eigenvalue weighted by atomic mass is 10.4. The van der Waals surface area contributed by atoms with Gasteiger partial charge in [-0.25, -0.2) is 21.6 Å². The van der Waals surface area contributed by atoms with E-state index in [1.54, 1.807) is 7.05 Å². The molecule has 0 heterocycles. The molecule has 0 aliphatic rings. The molecule has 116 valence electrons. The van der Waals surface area contributed by atoms with Crippen LogP contribution in [0.15, 0.2) is 32.5 Å².